The highest BCUT2D eigenvalue weighted by atomic mass is 32.2. The Morgan fingerprint density at radius 1 is 1.15 bits per heavy atom. The molecule has 0 aromatic heterocycles. The van der Waals surface area contributed by atoms with Crippen LogP contribution in [0.4, 0.5) is 18.9 Å². The highest BCUT2D eigenvalue weighted by Crippen LogP contribution is 2.63. The summed E-state index contributed by atoms with van der Waals surface area (Å²) in [6.07, 6.45) is -1.81. The summed E-state index contributed by atoms with van der Waals surface area (Å²) in [5, 5.41) is 9.10. The molecule has 3 fully saturated rings. The molecule has 0 unspecified atom stereocenters. The second kappa shape index (κ2) is 8.28. The molecular formula is C25H25F3N2O3S. The van der Waals surface area contributed by atoms with Gasteiger partial charge in [-0.15, -0.1) is 0 Å². The smallest absolute Gasteiger partial charge is 0.377 e. The molecule has 3 aliphatic rings. The maximum Gasteiger partial charge on any atom is 0.417 e. The van der Waals surface area contributed by atoms with Crippen LogP contribution in [0.1, 0.15) is 42.4 Å². The minimum absolute atomic E-state index is 0.0155. The number of rotatable bonds is 6. The van der Waals surface area contributed by atoms with Crippen molar-refractivity contribution in [3.63, 3.8) is 0 Å². The number of anilines is 1. The van der Waals surface area contributed by atoms with Crippen molar-refractivity contribution >= 4 is 15.7 Å². The average molecular weight is 491 g/mol. The van der Waals surface area contributed by atoms with Crippen LogP contribution in [0.5, 0.6) is 0 Å². The Morgan fingerprint density at radius 2 is 1.91 bits per heavy atom. The van der Waals surface area contributed by atoms with Gasteiger partial charge in [0.1, 0.15) is 4.75 Å². The summed E-state index contributed by atoms with van der Waals surface area (Å²) in [4.78, 5) is 0. The fourth-order valence-electron chi connectivity index (χ4n) is 6.49. The Labute approximate surface area is 197 Å². The van der Waals surface area contributed by atoms with E-state index >= 15 is 0 Å². The largest absolute Gasteiger partial charge is 0.417 e. The molecule has 5 nitrogen and oxygen atoms in total. The number of fused-ring (bicyclic) bond motifs is 5. The number of nitriles is 1. The van der Waals surface area contributed by atoms with Gasteiger partial charge in [0.15, 0.2) is 0 Å². The minimum Gasteiger partial charge on any atom is -0.377 e. The van der Waals surface area contributed by atoms with Gasteiger partial charge in [-0.3, -0.25) is 4.31 Å². The number of halogens is 3. The van der Waals surface area contributed by atoms with E-state index in [1.54, 1.807) is 6.07 Å². The van der Waals surface area contributed by atoms with Gasteiger partial charge in [0.05, 0.1) is 29.5 Å². The van der Waals surface area contributed by atoms with Crippen LogP contribution >= 0.6 is 0 Å². The van der Waals surface area contributed by atoms with Gasteiger partial charge in [-0.1, -0.05) is 30.3 Å². The molecule has 9 heteroatoms. The highest BCUT2D eigenvalue weighted by molar-refractivity contribution is 7.94. The normalized spacial score (nSPS) is 29.2. The first kappa shape index (κ1) is 23.2. The zero-order valence-corrected chi connectivity index (χ0v) is 19.3. The zero-order valence-electron chi connectivity index (χ0n) is 18.5. The first-order chi connectivity index (χ1) is 16.2. The van der Waals surface area contributed by atoms with Gasteiger partial charge in [0, 0.05) is 19.1 Å². The molecule has 0 radical (unpaired) electrons. The lowest BCUT2D eigenvalue weighted by molar-refractivity contribution is -0.137. The molecule has 180 valence electrons. The lowest BCUT2D eigenvalue weighted by atomic mass is 9.76. The Morgan fingerprint density at radius 3 is 2.62 bits per heavy atom. The first-order valence-electron chi connectivity index (χ1n) is 11.4. The third-order valence-electron chi connectivity index (χ3n) is 7.96. The molecule has 34 heavy (non-hydrogen) atoms. The lowest BCUT2D eigenvalue weighted by Crippen LogP contribution is -2.48. The molecule has 2 aliphatic carbocycles. The van der Waals surface area contributed by atoms with E-state index in [9.17, 15) is 21.6 Å². The number of sulfonamides is 1. The third kappa shape index (κ3) is 3.50. The summed E-state index contributed by atoms with van der Waals surface area (Å²) in [6, 6.07) is 14.4. The van der Waals surface area contributed by atoms with Gasteiger partial charge in [0.25, 0.3) is 0 Å². The molecule has 5 rings (SSSR count). The predicted molar refractivity (Wildman–Crippen MR) is 120 cm³/mol. The second-order valence-corrected chi connectivity index (χ2v) is 11.6. The fraction of sp³-hybridized carbons (Fsp3) is 0.480. The summed E-state index contributed by atoms with van der Waals surface area (Å²) in [5.41, 5.74) is -0.650. The van der Waals surface area contributed by atoms with E-state index in [1.807, 2.05) is 30.3 Å². The van der Waals surface area contributed by atoms with Crippen molar-refractivity contribution in [3.05, 3.63) is 65.2 Å². The van der Waals surface area contributed by atoms with Gasteiger partial charge in [-0.25, -0.2) is 8.42 Å². The molecule has 0 amide bonds. The summed E-state index contributed by atoms with van der Waals surface area (Å²) in [7, 11) is -3.93. The van der Waals surface area contributed by atoms with Crippen LogP contribution in [0.15, 0.2) is 48.5 Å². The topological polar surface area (TPSA) is 70.4 Å². The summed E-state index contributed by atoms with van der Waals surface area (Å²) in [5.74, 6) is 0.0965. The average Bonchev–Trinajstić information content (AvgIpc) is 3.47. The van der Waals surface area contributed by atoms with Crippen molar-refractivity contribution in [2.24, 2.45) is 17.8 Å². The van der Waals surface area contributed by atoms with E-state index in [1.165, 1.54) is 6.07 Å². The number of ether oxygens (including phenoxy) is 1. The molecule has 2 bridgehead atoms. The van der Waals surface area contributed by atoms with Crippen molar-refractivity contribution in [2.75, 3.05) is 17.5 Å². The van der Waals surface area contributed by atoms with E-state index < -0.39 is 32.1 Å². The Hall–Kier alpha value is -2.57. The highest BCUT2D eigenvalue weighted by Gasteiger charge is 2.70. The monoisotopic (exact) mass is 490 g/mol. The van der Waals surface area contributed by atoms with E-state index in [4.69, 9.17) is 10.00 Å². The van der Waals surface area contributed by atoms with E-state index in [0.29, 0.717) is 13.0 Å². The van der Waals surface area contributed by atoms with Crippen LogP contribution in [0.2, 0.25) is 0 Å². The molecule has 2 aromatic carbocycles. The number of hydrogen-bond donors (Lipinski definition) is 0. The van der Waals surface area contributed by atoms with Crippen LogP contribution in [0.3, 0.4) is 0 Å². The first-order valence-corrected chi connectivity index (χ1v) is 12.9. The second-order valence-electron chi connectivity index (χ2n) is 9.50. The third-order valence-corrected chi connectivity index (χ3v) is 10.7. The number of benzene rings is 2. The fourth-order valence-corrected chi connectivity index (χ4v) is 9.28. The minimum atomic E-state index is -4.75. The Kier molecular flexibility index (Phi) is 5.64. The zero-order chi connectivity index (χ0) is 24.1. The SMILES string of the molecule is N#Cc1ccc(N2C[C@H]3[C@H]4CC[C@H](C4)[C@@]3(CCOCc3ccccc3)S2(=O)=O)cc1C(F)(F)F. The summed E-state index contributed by atoms with van der Waals surface area (Å²) >= 11 is 0. The van der Waals surface area contributed by atoms with Crippen molar-refractivity contribution in [3.8, 4) is 6.07 Å². The van der Waals surface area contributed by atoms with Gasteiger partial charge >= 0.3 is 6.18 Å². The van der Waals surface area contributed by atoms with Gasteiger partial charge in [-0.05, 0) is 61.3 Å². The van der Waals surface area contributed by atoms with Crippen molar-refractivity contribution in [1.82, 2.24) is 0 Å². The number of alkyl halides is 3. The van der Waals surface area contributed by atoms with Crippen LogP contribution in [-0.2, 0) is 27.5 Å². The van der Waals surface area contributed by atoms with E-state index in [0.717, 1.165) is 41.3 Å². The quantitative estimate of drug-likeness (QED) is 0.527. The molecule has 4 atom stereocenters. The molecular weight excluding hydrogens is 465 g/mol. The molecule has 1 saturated heterocycles. The summed E-state index contributed by atoms with van der Waals surface area (Å²) in [6.45, 7) is 0.818. The van der Waals surface area contributed by atoms with Crippen molar-refractivity contribution in [2.45, 2.75) is 43.2 Å². The Bertz CT molecular complexity index is 1230. The van der Waals surface area contributed by atoms with Gasteiger partial charge in [0.2, 0.25) is 10.0 Å². The van der Waals surface area contributed by atoms with Crippen LogP contribution in [0.25, 0.3) is 0 Å². The molecule has 0 spiro atoms. The molecule has 0 N–H and O–H groups in total. The van der Waals surface area contributed by atoms with Crippen LogP contribution in [0, 0.1) is 29.1 Å². The molecule has 2 aromatic rings. The van der Waals surface area contributed by atoms with Crippen LogP contribution in [-0.4, -0.2) is 26.3 Å². The number of nitrogens with zero attached hydrogens (tertiary/aromatic N) is 2. The predicted octanol–water partition coefficient (Wildman–Crippen LogP) is 5.12. The van der Waals surface area contributed by atoms with Crippen molar-refractivity contribution in [1.29, 1.82) is 5.26 Å². The summed E-state index contributed by atoms with van der Waals surface area (Å²) < 4.78 is 74.6. The Balaban J connectivity index is 1.44. The maximum atomic E-state index is 14.0. The maximum absolute atomic E-state index is 14.0. The van der Waals surface area contributed by atoms with Crippen molar-refractivity contribution < 1.29 is 26.3 Å². The van der Waals surface area contributed by atoms with Crippen LogP contribution < -0.4 is 4.31 Å². The lowest BCUT2D eigenvalue weighted by Gasteiger charge is -2.37. The van der Waals surface area contributed by atoms with Gasteiger partial charge < -0.3 is 4.74 Å². The molecule has 1 heterocycles. The molecule has 2 saturated carbocycles. The van der Waals surface area contributed by atoms with E-state index in [2.05, 4.69) is 0 Å². The standard InChI is InChI=1S/C25H25F3N2O3S/c26-25(27,28)22-13-21(9-7-19(22)14-29)30-15-23-18-6-8-20(12-18)24(23,34(30,31)32)10-11-33-16-17-4-2-1-3-5-17/h1-5,7,9,13,18,20,23H,6,8,10-12,15-16H2/t18-,20+,23-,24+/m0/s1. The van der Waals surface area contributed by atoms with E-state index in [-0.39, 0.29) is 36.6 Å². The van der Waals surface area contributed by atoms with Gasteiger partial charge in [-0.2, -0.15) is 18.4 Å². The molecule has 1 aliphatic heterocycles. The number of hydrogen-bond acceptors (Lipinski definition) is 4.